The number of para-hydroxylation sites is 1. The largest absolute Gasteiger partial charge is 0.444 e. The molecular formula is C27H41N3O3. The zero-order valence-corrected chi connectivity index (χ0v) is 21.7. The van der Waals surface area contributed by atoms with E-state index in [-0.39, 0.29) is 12.1 Å². The summed E-state index contributed by atoms with van der Waals surface area (Å²) >= 11 is 0. The Bertz CT molecular complexity index is 1010. The summed E-state index contributed by atoms with van der Waals surface area (Å²) in [6.07, 6.45) is 9.92. The molecule has 0 saturated heterocycles. The fourth-order valence-corrected chi connectivity index (χ4v) is 2.60. The molecule has 0 aliphatic heterocycles. The number of fused-ring (bicyclic) bond motifs is 1. The van der Waals surface area contributed by atoms with Crippen LogP contribution < -0.4 is 10.9 Å². The zero-order valence-electron chi connectivity index (χ0n) is 21.7. The summed E-state index contributed by atoms with van der Waals surface area (Å²) in [5.41, 5.74) is 0.434. The molecule has 1 aromatic heterocycles. The highest BCUT2D eigenvalue weighted by Gasteiger charge is 2.18. The van der Waals surface area contributed by atoms with Crippen LogP contribution in [0.2, 0.25) is 0 Å². The molecule has 1 heterocycles. The number of alkyl carbamates (subject to hydrolysis) is 1. The molecule has 0 atom stereocenters. The van der Waals surface area contributed by atoms with Crippen molar-refractivity contribution in [1.82, 2.24) is 14.9 Å². The average molecular weight is 456 g/mol. The Kier molecular flexibility index (Phi) is 14.1. The Labute approximate surface area is 199 Å². The molecule has 0 bridgehead atoms. The van der Waals surface area contributed by atoms with Crippen LogP contribution in [-0.2, 0) is 11.3 Å². The van der Waals surface area contributed by atoms with E-state index >= 15 is 0 Å². The van der Waals surface area contributed by atoms with Gasteiger partial charge in [0.15, 0.2) is 0 Å². The number of ether oxygens (including phenoxy) is 1. The molecule has 2 aromatic rings. The van der Waals surface area contributed by atoms with Crippen molar-refractivity contribution in [2.24, 2.45) is 0 Å². The molecule has 1 N–H and O–H groups in total. The van der Waals surface area contributed by atoms with E-state index < -0.39 is 11.7 Å². The van der Waals surface area contributed by atoms with Crippen LogP contribution in [0.1, 0.15) is 74.6 Å². The molecule has 0 unspecified atom stereocenters. The summed E-state index contributed by atoms with van der Waals surface area (Å²) in [4.78, 5) is 29.9. The number of hydrogen-bond donors (Lipinski definition) is 1. The molecule has 0 fully saturated rings. The van der Waals surface area contributed by atoms with Gasteiger partial charge in [-0.05, 0) is 58.9 Å². The summed E-state index contributed by atoms with van der Waals surface area (Å²) in [5, 5.41) is 3.20. The molecule has 6 nitrogen and oxygen atoms in total. The van der Waals surface area contributed by atoms with Crippen LogP contribution >= 0.6 is 0 Å². The quantitative estimate of drug-likeness (QED) is 0.500. The fourth-order valence-electron chi connectivity index (χ4n) is 2.60. The molecule has 2 rings (SSSR count). The molecule has 0 saturated carbocycles. The van der Waals surface area contributed by atoms with Gasteiger partial charge in [-0.15, -0.1) is 0 Å². The monoisotopic (exact) mass is 455 g/mol. The predicted octanol–water partition coefficient (Wildman–Crippen LogP) is 6.86. The summed E-state index contributed by atoms with van der Waals surface area (Å²) in [6.45, 7) is 17.5. The van der Waals surface area contributed by atoms with Crippen LogP contribution in [0.4, 0.5) is 4.79 Å². The lowest BCUT2D eigenvalue weighted by molar-refractivity contribution is 0.0522. The van der Waals surface area contributed by atoms with Crippen molar-refractivity contribution in [1.29, 1.82) is 0 Å². The van der Waals surface area contributed by atoms with Crippen molar-refractivity contribution < 1.29 is 9.53 Å². The first-order chi connectivity index (χ1) is 15.7. The maximum Gasteiger partial charge on any atom is 0.408 e. The van der Waals surface area contributed by atoms with Gasteiger partial charge in [0.1, 0.15) is 11.4 Å². The van der Waals surface area contributed by atoms with Crippen molar-refractivity contribution in [3.63, 3.8) is 0 Å². The van der Waals surface area contributed by atoms with E-state index in [0.29, 0.717) is 22.4 Å². The molecule has 0 radical (unpaired) electrons. The number of amides is 1. The minimum Gasteiger partial charge on any atom is -0.444 e. The number of aromatic nitrogens is 2. The van der Waals surface area contributed by atoms with Crippen molar-refractivity contribution in [2.75, 3.05) is 0 Å². The Morgan fingerprint density at radius 2 is 1.73 bits per heavy atom. The number of allylic oxidation sites excluding steroid dienone is 6. The van der Waals surface area contributed by atoms with Gasteiger partial charge in [-0.3, -0.25) is 9.36 Å². The van der Waals surface area contributed by atoms with Gasteiger partial charge in [0.25, 0.3) is 5.56 Å². The third-order valence-electron chi connectivity index (χ3n) is 3.69. The molecule has 1 amide bonds. The van der Waals surface area contributed by atoms with Crippen LogP contribution in [0.3, 0.4) is 0 Å². The minimum atomic E-state index is -0.609. The third kappa shape index (κ3) is 10.3. The van der Waals surface area contributed by atoms with E-state index in [9.17, 15) is 9.59 Å². The summed E-state index contributed by atoms with van der Waals surface area (Å²) < 4.78 is 6.80. The second kappa shape index (κ2) is 15.6. The second-order valence-corrected chi connectivity index (χ2v) is 7.87. The van der Waals surface area contributed by atoms with Gasteiger partial charge in [-0.1, -0.05) is 64.5 Å². The Hall–Kier alpha value is -3.15. The summed E-state index contributed by atoms with van der Waals surface area (Å²) in [5.74, 6) is 0.420. The van der Waals surface area contributed by atoms with E-state index in [1.807, 2.05) is 64.1 Å². The van der Waals surface area contributed by atoms with E-state index in [2.05, 4.69) is 24.1 Å². The van der Waals surface area contributed by atoms with Gasteiger partial charge in [0, 0.05) is 0 Å². The van der Waals surface area contributed by atoms with Crippen molar-refractivity contribution in [3.8, 4) is 0 Å². The Balaban J connectivity index is 0.00000189. The van der Waals surface area contributed by atoms with Gasteiger partial charge in [0.2, 0.25) is 0 Å². The van der Waals surface area contributed by atoms with E-state index in [0.717, 1.165) is 0 Å². The number of rotatable bonds is 5. The lowest BCUT2D eigenvalue weighted by Crippen LogP contribution is -2.34. The predicted molar refractivity (Wildman–Crippen MR) is 140 cm³/mol. The smallest absolute Gasteiger partial charge is 0.408 e. The first-order valence-corrected chi connectivity index (χ1v) is 11.6. The average Bonchev–Trinajstić information content (AvgIpc) is 2.76. The molecule has 1 aromatic carbocycles. The fraction of sp³-hybridized carbons (Fsp3) is 0.444. The van der Waals surface area contributed by atoms with Gasteiger partial charge < -0.3 is 10.1 Å². The molecule has 0 aliphatic rings. The maximum absolute atomic E-state index is 13.2. The highest BCUT2D eigenvalue weighted by atomic mass is 16.6. The first kappa shape index (κ1) is 29.9. The standard InChI is InChI=1S/C22H27N3O3.C3H8.C2H6/c1-6-8-12-16(11-7-2)25-19(15-23-21(27)28-22(3,4)5)24-18-14-10-9-13-17(18)20(25)26;1-3-2;1-2/h6-14H,15H2,1-5H3,(H,23,27);3H2,1-2H3;1-2H3/b8-6-,11-7-,16-12+;;. The van der Waals surface area contributed by atoms with Crippen LogP contribution in [-0.4, -0.2) is 21.2 Å². The summed E-state index contributed by atoms with van der Waals surface area (Å²) in [7, 11) is 0. The van der Waals surface area contributed by atoms with Crippen molar-refractivity contribution in [2.45, 2.75) is 80.9 Å². The number of carbonyl (C=O) groups is 1. The number of nitrogens with one attached hydrogen (secondary N) is 1. The summed E-state index contributed by atoms with van der Waals surface area (Å²) in [6, 6.07) is 7.16. The van der Waals surface area contributed by atoms with Gasteiger partial charge in [-0.25, -0.2) is 9.78 Å². The van der Waals surface area contributed by atoms with Crippen LogP contribution in [0.25, 0.3) is 16.6 Å². The Morgan fingerprint density at radius 1 is 1.12 bits per heavy atom. The molecule has 0 aliphatic carbocycles. The SMILES string of the molecule is CC.CCC.C\C=C/C=C(\C=C/C)n1c(CNC(=O)OC(C)(C)C)nc2ccccc2c1=O. The van der Waals surface area contributed by atoms with Crippen LogP contribution in [0.5, 0.6) is 0 Å². The normalized spacial score (nSPS) is 11.6. The topological polar surface area (TPSA) is 73.2 Å². The van der Waals surface area contributed by atoms with Gasteiger partial charge >= 0.3 is 6.09 Å². The van der Waals surface area contributed by atoms with Crippen molar-refractivity contribution >= 4 is 22.7 Å². The highest BCUT2D eigenvalue weighted by molar-refractivity contribution is 5.79. The molecule has 0 spiro atoms. The van der Waals surface area contributed by atoms with Crippen molar-refractivity contribution in [3.05, 3.63) is 70.8 Å². The lowest BCUT2D eigenvalue weighted by Gasteiger charge is -2.20. The molecule has 33 heavy (non-hydrogen) atoms. The van der Waals surface area contributed by atoms with Gasteiger partial charge in [-0.2, -0.15) is 0 Å². The first-order valence-electron chi connectivity index (χ1n) is 11.6. The van der Waals surface area contributed by atoms with E-state index in [1.54, 1.807) is 39.0 Å². The number of carbonyl (C=O) groups excluding carboxylic acids is 1. The highest BCUT2D eigenvalue weighted by Crippen LogP contribution is 2.14. The maximum atomic E-state index is 13.2. The lowest BCUT2D eigenvalue weighted by atomic mass is 10.2. The molecule has 6 heteroatoms. The van der Waals surface area contributed by atoms with Crippen LogP contribution in [0, 0.1) is 0 Å². The third-order valence-corrected chi connectivity index (χ3v) is 3.69. The molecule has 182 valence electrons. The zero-order chi connectivity index (χ0) is 25.4. The Morgan fingerprint density at radius 3 is 2.27 bits per heavy atom. The number of hydrogen-bond acceptors (Lipinski definition) is 4. The number of benzene rings is 1. The van der Waals surface area contributed by atoms with Crippen LogP contribution in [0.15, 0.2) is 59.4 Å². The number of nitrogens with zero attached hydrogens (tertiary/aromatic N) is 2. The minimum absolute atomic E-state index is 0.0553. The second-order valence-electron chi connectivity index (χ2n) is 7.87. The van der Waals surface area contributed by atoms with E-state index in [4.69, 9.17) is 4.74 Å². The van der Waals surface area contributed by atoms with E-state index in [1.165, 1.54) is 11.0 Å². The molecular weight excluding hydrogens is 414 g/mol. The van der Waals surface area contributed by atoms with Gasteiger partial charge in [0.05, 0.1) is 23.1 Å².